The largest absolute Gasteiger partial charge is 0.486 e. The predicted octanol–water partition coefficient (Wildman–Crippen LogP) is 2.44. The molecule has 0 aliphatic heterocycles. The molecule has 0 bridgehead atoms. The van der Waals surface area contributed by atoms with Crippen LogP contribution in [-0.2, 0) is 23.2 Å². The number of imidazole rings is 1. The number of anilines is 1. The normalized spacial score (nSPS) is 10.7. The number of rotatable bonds is 9. The highest BCUT2D eigenvalue weighted by molar-refractivity contribution is 6.05. The number of pyridine rings is 2. The van der Waals surface area contributed by atoms with Crippen LogP contribution >= 0.6 is 0 Å². The fraction of sp³-hybridized carbons (Fsp3) is 0.200. The molecular weight excluding hydrogens is 462 g/mol. The maximum atomic E-state index is 13.4. The van der Waals surface area contributed by atoms with Gasteiger partial charge in [-0.25, -0.2) is 15.0 Å². The van der Waals surface area contributed by atoms with E-state index >= 15 is 0 Å². The molecule has 0 aliphatic rings. The van der Waals surface area contributed by atoms with E-state index in [-0.39, 0.29) is 31.1 Å². The first-order chi connectivity index (χ1) is 17.4. The molecule has 4 aromatic rings. The molecule has 0 unspecified atom stereocenters. The molecule has 0 spiro atoms. The van der Waals surface area contributed by atoms with Gasteiger partial charge in [0.25, 0.3) is 5.91 Å². The highest BCUT2D eigenvalue weighted by Crippen LogP contribution is 2.19. The lowest BCUT2D eigenvalue weighted by molar-refractivity contribution is -0.140. The van der Waals surface area contributed by atoms with Gasteiger partial charge in [-0.3, -0.25) is 19.9 Å². The number of hydrogen-bond donors (Lipinski definition) is 2. The van der Waals surface area contributed by atoms with Crippen molar-refractivity contribution in [2.24, 2.45) is 12.8 Å². The summed E-state index contributed by atoms with van der Waals surface area (Å²) in [7, 11) is 3.14. The number of carbonyl (C=O) groups excluding carboxylic acids is 2. The number of nitrogens with two attached hydrogens (primary N) is 1. The molecule has 0 saturated carbocycles. The number of hydrogen-bond acceptors (Lipinski definition) is 8. The molecule has 0 atom stereocenters. The van der Waals surface area contributed by atoms with E-state index in [0.29, 0.717) is 28.6 Å². The smallest absolute Gasteiger partial charge is 0.307 e. The zero-order valence-corrected chi connectivity index (χ0v) is 19.8. The van der Waals surface area contributed by atoms with Crippen LogP contribution in [0, 0.1) is 5.41 Å². The number of aromatic nitrogens is 4. The van der Waals surface area contributed by atoms with Gasteiger partial charge in [0.2, 0.25) is 0 Å². The van der Waals surface area contributed by atoms with Gasteiger partial charge < -0.3 is 19.8 Å². The van der Waals surface area contributed by atoms with Gasteiger partial charge in [0.1, 0.15) is 35.5 Å². The third-order valence-electron chi connectivity index (χ3n) is 5.53. The fourth-order valence-corrected chi connectivity index (χ4v) is 3.53. The second-order valence-electron chi connectivity index (χ2n) is 7.82. The molecule has 1 amide bonds. The second-order valence-corrected chi connectivity index (χ2v) is 7.82. The van der Waals surface area contributed by atoms with Crippen LogP contribution in [0.4, 0.5) is 5.82 Å². The van der Waals surface area contributed by atoms with Gasteiger partial charge >= 0.3 is 5.97 Å². The lowest BCUT2D eigenvalue weighted by Crippen LogP contribution is -2.34. The van der Waals surface area contributed by atoms with Gasteiger partial charge in [-0.15, -0.1) is 0 Å². The van der Waals surface area contributed by atoms with Gasteiger partial charge in [-0.2, -0.15) is 0 Å². The Labute approximate surface area is 207 Å². The molecule has 3 aromatic heterocycles. The highest BCUT2D eigenvalue weighted by Gasteiger charge is 2.22. The van der Waals surface area contributed by atoms with E-state index in [0.717, 1.165) is 5.52 Å². The van der Waals surface area contributed by atoms with Crippen molar-refractivity contribution in [3.63, 3.8) is 0 Å². The summed E-state index contributed by atoms with van der Waals surface area (Å²) in [5.74, 6) is 0.767. The molecule has 0 saturated heterocycles. The Bertz CT molecular complexity index is 1400. The minimum atomic E-state index is -0.433. The topological polar surface area (TPSA) is 149 Å². The van der Waals surface area contributed by atoms with Crippen molar-refractivity contribution in [3.05, 3.63) is 77.9 Å². The number of aryl methyl sites for hydroxylation is 1. The maximum absolute atomic E-state index is 13.4. The third kappa shape index (κ3) is 5.30. The Morgan fingerprint density at radius 3 is 2.53 bits per heavy atom. The zero-order valence-electron chi connectivity index (χ0n) is 19.8. The van der Waals surface area contributed by atoms with Gasteiger partial charge in [0.05, 0.1) is 19.0 Å². The van der Waals surface area contributed by atoms with Crippen LogP contribution in [0.2, 0.25) is 0 Å². The molecule has 0 fully saturated rings. The summed E-state index contributed by atoms with van der Waals surface area (Å²) in [6, 6.07) is 15.5. The minimum Gasteiger partial charge on any atom is -0.486 e. The van der Waals surface area contributed by atoms with Crippen molar-refractivity contribution >= 4 is 34.7 Å². The van der Waals surface area contributed by atoms with Crippen molar-refractivity contribution in [2.75, 3.05) is 18.6 Å². The van der Waals surface area contributed by atoms with Gasteiger partial charge in [-0.1, -0.05) is 6.07 Å². The average molecular weight is 488 g/mol. The monoisotopic (exact) mass is 487 g/mol. The molecule has 184 valence electrons. The first-order valence-electron chi connectivity index (χ1n) is 11.1. The van der Waals surface area contributed by atoms with Crippen LogP contribution in [-0.4, -0.2) is 50.9 Å². The van der Waals surface area contributed by atoms with E-state index in [2.05, 4.69) is 15.0 Å². The summed E-state index contributed by atoms with van der Waals surface area (Å²) in [6.07, 6.45) is 1.59. The molecule has 1 aromatic carbocycles. The van der Waals surface area contributed by atoms with E-state index in [1.165, 1.54) is 12.0 Å². The molecule has 3 heterocycles. The number of fused-ring (bicyclic) bond motifs is 1. The van der Waals surface area contributed by atoms with Crippen LogP contribution in [0.25, 0.3) is 11.2 Å². The van der Waals surface area contributed by atoms with Crippen LogP contribution < -0.4 is 15.4 Å². The summed E-state index contributed by atoms with van der Waals surface area (Å²) in [4.78, 5) is 39.7. The molecule has 36 heavy (non-hydrogen) atoms. The number of ether oxygens (including phenoxy) is 2. The standard InChI is InChI=1S/C25H25N7O4/c1-31-19-11-10-18(25(34)32(14-12-22(33)35-2)20-5-3-4-13-28-20)29-24(19)30-21(31)15-36-17-8-6-16(7-9-17)23(26)27/h3-11,13H,12,14-15H2,1-2H3,(H3,26,27). The minimum absolute atomic E-state index is 0.0134. The van der Waals surface area contributed by atoms with Crippen molar-refractivity contribution in [2.45, 2.75) is 13.0 Å². The van der Waals surface area contributed by atoms with E-state index in [4.69, 9.17) is 20.6 Å². The SMILES string of the molecule is COC(=O)CCN(C(=O)c1ccc2c(n1)nc(COc1ccc(C(=N)N)cc1)n2C)c1ccccn1. The van der Waals surface area contributed by atoms with Crippen molar-refractivity contribution in [1.29, 1.82) is 5.41 Å². The maximum Gasteiger partial charge on any atom is 0.307 e. The van der Waals surface area contributed by atoms with E-state index in [1.807, 2.05) is 11.6 Å². The molecule has 0 aliphatic carbocycles. The van der Waals surface area contributed by atoms with Crippen LogP contribution in [0.1, 0.15) is 28.3 Å². The van der Waals surface area contributed by atoms with Crippen LogP contribution in [0.3, 0.4) is 0 Å². The third-order valence-corrected chi connectivity index (χ3v) is 5.53. The number of carbonyl (C=O) groups is 2. The molecule has 4 rings (SSSR count). The lowest BCUT2D eigenvalue weighted by atomic mass is 10.2. The summed E-state index contributed by atoms with van der Waals surface area (Å²) in [5, 5.41) is 7.47. The van der Waals surface area contributed by atoms with E-state index < -0.39 is 11.9 Å². The average Bonchev–Trinajstić information content (AvgIpc) is 3.22. The number of amidine groups is 1. The van der Waals surface area contributed by atoms with Gasteiger partial charge in [-0.05, 0) is 48.5 Å². The summed E-state index contributed by atoms with van der Waals surface area (Å²) in [6.45, 7) is 0.265. The van der Waals surface area contributed by atoms with E-state index in [9.17, 15) is 9.59 Å². The summed E-state index contributed by atoms with van der Waals surface area (Å²) >= 11 is 0. The Kier molecular flexibility index (Phi) is 7.19. The Balaban J connectivity index is 1.55. The molecule has 11 heteroatoms. The molecule has 0 radical (unpaired) electrons. The number of benzene rings is 1. The van der Waals surface area contributed by atoms with Crippen LogP contribution in [0.5, 0.6) is 5.75 Å². The summed E-state index contributed by atoms with van der Waals surface area (Å²) < 4.78 is 12.4. The number of esters is 1. The Morgan fingerprint density at radius 1 is 1.08 bits per heavy atom. The summed E-state index contributed by atoms with van der Waals surface area (Å²) in [5.41, 5.74) is 7.39. The lowest BCUT2D eigenvalue weighted by Gasteiger charge is -2.20. The van der Waals surface area contributed by atoms with Crippen LogP contribution in [0.15, 0.2) is 60.8 Å². The Hall–Kier alpha value is -4.80. The number of nitrogen functional groups attached to an aromatic ring is 1. The van der Waals surface area contributed by atoms with Gasteiger partial charge in [0.15, 0.2) is 5.65 Å². The van der Waals surface area contributed by atoms with E-state index in [1.54, 1.807) is 60.8 Å². The molecular formula is C25H25N7O4. The number of amides is 1. The quantitative estimate of drug-likeness (QED) is 0.208. The van der Waals surface area contributed by atoms with Gasteiger partial charge in [0, 0.05) is 25.4 Å². The first-order valence-corrected chi connectivity index (χ1v) is 11.1. The predicted molar refractivity (Wildman–Crippen MR) is 133 cm³/mol. The number of methoxy groups -OCH3 is 1. The zero-order chi connectivity index (χ0) is 25.7. The molecule has 3 N–H and O–H groups in total. The fourth-order valence-electron chi connectivity index (χ4n) is 3.53. The second kappa shape index (κ2) is 10.6. The first kappa shape index (κ1) is 24.3. The van der Waals surface area contributed by atoms with Crippen molar-refractivity contribution in [3.8, 4) is 5.75 Å². The van der Waals surface area contributed by atoms with Crippen molar-refractivity contribution < 1.29 is 19.1 Å². The Morgan fingerprint density at radius 2 is 1.86 bits per heavy atom. The number of nitrogens with one attached hydrogen (secondary N) is 1. The molecule has 11 nitrogen and oxygen atoms in total. The number of nitrogens with zero attached hydrogens (tertiary/aromatic N) is 5. The van der Waals surface area contributed by atoms with Crippen molar-refractivity contribution in [1.82, 2.24) is 19.5 Å². The highest BCUT2D eigenvalue weighted by atomic mass is 16.5.